The number of nitrogens with one attached hydrogen (secondary N) is 3. The van der Waals surface area contributed by atoms with Crippen LogP contribution in [0.2, 0.25) is 0 Å². The van der Waals surface area contributed by atoms with Crippen molar-refractivity contribution < 1.29 is 14.4 Å². The molecule has 1 saturated heterocycles. The molecule has 4 amide bonds. The standard InChI is InChI=1S/C33H29N7O3S/c41-30(22-7-3-1-4-8-22)36-24-13-15-25(16-14-24)40-29-26-27(38-33(40)43)28(44-32(26)35-20-34-29)31(42)37-23-11-9-21(10-12-23)19-39-17-5-2-6-18-39/h1,3-4,7-16,20H,2,5-6,17-19H2,(H,36,41)(H,37,42)(H,38,43). The number of carbonyl (C=O) groups is 3. The molecule has 4 heterocycles. The van der Waals surface area contributed by atoms with Crippen molar-refractivity contribution in [2.45, 2.75) is 25.8 Å². The second kappa shape index (κ2) is 11.9. The summed E-state index contributed by atoms with van der Waals surface area (Å²) < 4.78 is 0. The van der Waals surface area contributed by atoms with Crippen LogP contribution in [0.3, 0.4) is 0 Å². The first-order chi connectivity index (χ1) is 21.5. The molecule has 1 fully saturated rings. The predicted octanol–water partition coefficient (Wildman–Crippen LogP) is 6.87. The van der Waals surface area contributed by atoms with Gasteiger partial charge in [-0.05, 0) is 80.0 Å². The van der Waals surface area contributed by atoms with Gasteiger partial charge in [0.05, 0.1) is 16.8 Å². The van der Waals surface area contributed by atoms with Crippen LogP contribution in [0.5, 0.6) is 0 Å². The van der Waals surface area contributed by atoms with Gasteiger partial charge in [0.25, 0.3) is 11.8 Å². The molecule has 220 valence electrons. The number of nitrogens with zero attached hydrogens (tertiary/aromatic N) is 4. The molecular weight excluding hydrogens is 574 g/mol. The Bertz CT molecular complexity index is 1850. The number of thiophene rings is 1. The molecule has 0 atom stereocenters. The molecule has 11 heteroatoms. The fourth-order valence-corrected chi connectivity index (χ4v) is 6.60. The maximum absolute atomic E-state index is 13.4. The lowest BCUT2D eigenvalue weighted by atomic mass is 10.1. The quantitative estimate of drug-likeness (QED) is 0.187. The van der Waals surface area contributed by atoms with Crippen LogP contribution < -0.4 is 20.9 Å². The number of aromatic nitrogens is 2. The largest absolute Gasteiger partial charge is 0.332 e. The van der Waals surface area contributed by atoms with Crippen LogP contribution in [0, 0.1) is 0 Å². The molecule has 44 heavy (non-hydrogen) atoms. The highest BCUT2D eigenvalue weighted by Gasteiger charge is 2.34. The lowest BCUT2D eigenvalue weighted by Gasteiger charge is -2.27. The molecule has 7 rings (SSSR count). The number of urea groups is 1. The van der Waals surface area contributed by atoms with E-state index in [4.69, 9.17) is 0 Å². The van der Waals surface area contributed by atoms with Gasteiger partial charge in [0, 0.05) is 23.5 Å². The van der Waals surface area contributed by atoms with E-state index in [1.165, 1.54) is 47.4 Å². The minimum Gasteiger partial charge on any atom is -0.322 e. The number of hydrogen-bond acceptors (Lipinski definition) is 7. The Morgan fingerprint density at radius 3 is 2.23 bits per heavy atom. The maximum atomic E-state index is 13.4. The smallest absolute Gasteiger partial charge is 0.322 e. The normalized spacial score (nSPS) is 14.7. The van der Waals surface area contributed by atoms with Crippen LogP contribution in [0.4, 0.5) is 33.4 Å². The molecule has 3 aromatic carbocycles. The molecule has 2 aliphatic rings. The van der Waals surface area contributed by atoms with E-state index in [0.717, 1.165) is 19.6 Å². The Hall–Kier alpha value is -5.13. The summed E-state index contributed by atoms with van der Waals surface area (Å²) in [5.74, 6) is -0.175. The fraction of sp³-hybridized carbons (Fsp3) is 0.182. The second-order valence-electron chi connectivity index (χ2n) is 10.8. The first-order valence-corrected chi connectivity index (χ1v) is 15.3. The number of piperidine rings is 1. The van der Waals surface area contributed by atoms with Crippen LogP contribution in [0.25, 0.3) is 10.2 Å². The van der Waals surface area contributed by atoms with E-state index >= 15 is 0 Å². The molecule has 10 nitrogen and oxygen atoms in total. The van der Waals surface area contributed by atoms with Crippen LogP contribution in [0.1, 0.15) is 44.9 Å². The van der Waals surface area contributed by atoms with Crippen molar-refractivity contribution in [3.63, 3.8) is 0 Å². The zero-order valence-corrected chi connectivity index (χ0v) is 24.6. The Morgan fingerprint density at radius 1 is 0.818 bits per heavy atom. The molecule has 0 unspecified atom stereocenters. The van der Waals surface area contributed by atoms with Gasteiger partial charge < -0.3 is 16.0 Å². The zero-order chi connectivity index (χ0) is 30.0. The summed E-state index contributed by atoms with van der Waals surface area (Å²) in [5.41, 5.74) is 3.96. The van der Waals surface area contributed by atoms with Crippen molar-refractivity contribution in [2.75, 3.05) is 33.9 Å². The van der Waals surface area contributed by atoms with Crippen LogP contribution >= 0.6 is 11.3 Å². The summed E-state index contributed by atoms with van der Waals surface area (Å²) in [6.45, 7) is 3.16. The molecule has 0 radical (unpaired) electrons. The highest BCUT2D eigenvalue weighted by Crippen LogP contribution is 2.44. The molecule has 2 aliphatic heterocycles. The van der Waals surface area contributed by atoms with E-state index < -0.39 is 6.03 Å². The van der Waals surface area contributed by atoms with Crippen LogP contribution in [-0.2, 0) is 6.54 Å². The van der Waals surface area contributed by atoms with Crippen LogP contribution in [0.15, 0.2) is 85.2 Å². The van der Waals surface area contributed by atoms with E-state index in [1.54, 1.807) is 48.5 Å². The predicted molar refractivity (Wildman–Crippen MR) is 173 cm³/mol. The lowest BCUT2D eigenvalue weighted by Crippen LogP contribution is -2.35. The van der Waals surface area contributed by atoms with Crippen molar-refractivity contribution >= 4 is 68.0 Å². The molecule has 0 aliphatic carbocycles. The lowest BCUT2D eigenvalue weighted by molar-refractivity contribution is 0.102. The van der Waals surface area contributed by atoms with E-state index in [2.05, 4.69) is 30.8 Å². The number of amides is 4. The molecule has 0 saturated carbocycles. The van der Waals surface area contributed by atoms with E-state index in [0.29, 0.717) is 49.2 Å². The third-order valence-corrected chi connectivity index (χ3v) is 8.90. The number of likely N-dealkylation sites (tertiary alicyclic amines) is 1. The summed E-state index contributed by atoms with van der Waals surface area (Å²) in [4.78, 5) is 53.1. The van der Waals surface area contributed by atoms with Crippen molar-refractivity contribution in [3.05, 3.63) is 101 Å². The van der Waals surface area contributed by atoms with E-state index in [-0.39, 0.29) is 11.8 Å². The highest BCUT2D eigenvalue weighted by molar-refractivity contribution is 7.21. The molecule has 0 bridgehead atoms. The Kier molecular flexibility index (Phi) is 7.47. The number of benzene rings is 3. The van der Waals surface area contributed by atoms with Gasteiger partial charge >= 0.3 is 6.03 Å². The maximum Gasteiger partial charge on any atom is 0.332 e. The second-order valence-corrected chi connectivity index (χ2v) is 11.8. The average Bonchev–Trinajstić information content (AvgIpc) is 3.43. The fourth-order valence-electron chi connectivity index (χ4n) is 5.61. The van der Waals surface area contributed by atoms with Crippen molar-refractivity contribution in [1.29, 1.82) is 0 Å². The number of anilines is 5. The highest BCUT2D eigenvalue weighted by atomic mass is 32.1. The minimum atomic E-state index is -0.451. The summed E-state index contributed by atoms with van der Waals surface area (Å²) in [6, 6.07) is 23.3. The molecule has 5 aromatic rings. The van der Waals surface area contributed by atoms with Gasteiger partial charge in [0.2, 0.25) is 0 Å². The first-order valence-electron chi connectivity index (χ1n) is 14.5. The van der Waals surface area contributed by atoms with Gasteiger partial charge in [0.15, 0.2) is 5.82 Å². The monoisotopic (exact) mass is 603 g/mol. The molecule has 0 spiro atoms. The molecular formula is C33H29N7O3S. The number of hydrogen-bond donors (Lipinski definition) is 3. The topological polar surface area (TPSA) is 120 Å². The summed E-state index contributed by atoms with van der Waals surface area (Å²) in [6.07, 6.45) is 5.18. The number of carbonyl (C=O) groups excluding carboxylic acids is 3. The van der Waals surface area contributed by atoms with E-state index in [1.807, 2.05) is 30.3 Å². The first kappa shape index (κ1) is 27.7. The van der Waals surface area contributed by atoms with Gasteiger partial charge in [-0.1, -0.05) is 36.8 Å². The van der Waals surface area contributed by atoms with Gasteiger partial charge in [-0.15, -0.1) is 11.3 Å². The Balaban J connectivity index is 1.10. The zero-order valence-electron chi connectivity index (χ0n) is 23.7. The third kappa shape index (κ3) is 5.50. The van der Waals surface area contributed by atoms with Gasteiger partial charge in [-0.25, -0.2) is 19.7 Å². The summed E-state index contributed by atoms with van der Waals surface area (Å²) in [5, 5.41) is 9.32. The van der Waals surface area contributed by atoms with Gasteiger partial charge in [-0.2, -0.15) is 0 Å². The van der Waals surface area contributed by atoms with Crippen molar-refractivity contribution in [2.24, 2.45) is 0 Å². The molecule has 2 aromatic heterocycles. The van der Waals surface area contributed by atoms with Crippen molar-refractivity contribution in [1.82, 2.24) is 14.9 Å². The third-order valence-electron chi connectivity index (χ3n) is 7.81. The van der Waals surface area contributed by atoms with Gasteiger partial charge in [-0.3, -0.25) is 14.5 Å². The average molecular weight is 604 g/mol. The van der Waals surface area contributed by atoms with E-state index in [9.17, 15) is 14.4 Å². The Labute approximate surface area is 257 Å². The summed E-state index contributed by atoms with van der Waals surface area (Å²) in [7, 11) is 0. The minimum absolute atomic E-state index is 0.228. The van der Waals surface area contributed by atoms with Crippen molar-refractivity contribution in [3.8, 4) is 0 Å². The molecule has 3 N–H and O–H groups in total. The summed E-state index contributed by atoms with van der Waals surface area (Å²) >= 11 is 1.20. The SMILES string of the molecule is O=C(Nc1ccc(N2C(=O)Nc3c(C(=O)Nc4ccc(CN5CCCCC5)cc4)sc4ncnc2c34)cc1)c1ccccc1. The van der Waals surface area contributed by atoms with Crippen LogP contribution in [-0.4, -0.2) is 45.8 Å². The van der Waals surface area contributed by atoms with Gasteiger partial charge in [0.1, 0.15) is 16.0 Å². The number of rotatable bonds is 7. The Morgan fingerprint density at radius 2 is 1.50 bits per heavy atom.